The van der Waals surface area contributed by atoms with Gasteiger partial charge in [0, 0.05) is 6.61 Å². The summed E-state index contributed by atoms with van der Waals surface area (Å²) in [6, 6.07) is -0.733. The first kappa shape index (κ1) is 46.6. The van der Waals surface area contributed by atoms with E-state index >= 15 is 0 Å². The van der Waals surface area contributed by atoms with Gasteiger partial charge in [-0.2, -0.15) is 0 Å². The van der Waals surface area contributed by atoms with Crippen LogP contribution in [0.4, 0.5) is 0 Å². The Morgan fingerprint density at radius 2 is 1.04 bits per heavy atom. The fourth-order valence-electron chi connectivity index (χ4n) is 6.60. The minimum Gasteiger partial charge on any atom is -0.394 e. The van der Waals surface area contributed by atoms with E-state index in [1.165, 1.54) is 122 Å². The number of aliphatic hydroxyl groups excluding tert-OH is 6. The van der Waals surface area contributed by atoms with Gasteiger partial charge in [-0.15, -0.1) is 0 Å². The second-order valence-electron chi connectivity index (χ2n) is 14.5. The maximum Gasteiger partial charge on any atom is 0.186 e. The summed E-state index contributed by atoms with van der Waals surface area (Å²) in [7, 11) is 0. The predicted molar refractivity (Wildman–Crippen MR) is 196 cm³/mol. The molecule has 1 saturated heterocycles. The summed E-state index contributed by atoms with van der Waals surface area (Å²) in [5.41, 5.74) is 0. The van der Waals surface area contributed by atoms with E-state index < -0.39 is 55.6 Å². The Kier molecular flexibility index (Phi) is 30.7. The smallest absolute Gasteiger partial charge is 0.186 e. The van der Waals surface area contributed by atoms with Gasteiger partial charge in [-0.05, 0) is 12.8 Å². The maximum atomic E-state index is 10.9. The maximum absolute atomic E-state index is 10.9. The first-order valence-corrected chi connectivity index (χ1v) is 20.5. The highest BCUT2D eigenvalue weighted by molar-refractivity contribution is 4.89. The van der Waals surface area contributed by atoms with Gasteiger partial charge in [0.15, 0.2) is 6.29 Å². The third-order valence-corrected chi connectivity index (χ3v) is 10.0. The van der Waals surface area contributed by atoms with Crippen molar-refractivity contribution in [2.24, 2.45) is 0 Å². The van der Waals surface area contributed by atoms with Crippen LogP contribution < -0.4 is 5.32 Å². The zero-order chi connectivity index (χ0) is 36.0. The first-order valence-electron chi connectivity index (χ1n) is 20.5. The highest BCUT2D eigenvalue weighted by Gasteiger charge is 2.44. The van der Waals surface area contributed by atoms with Gasteiger partial charge in [-0.25, -0.2) is 0 Å². The van der Waals surface area contributed by atoms with Crippen molar-refractivity contribution < 1.29 is 44.8 Å². The molecule has 294 valence electrons. The Bertz CT molecular complexity index is 703. The van der Waals surface area contributed by atoms with Crippen LogP contribution in [0.5, 0.6) is 0 Å². The molecule has 0 aromatic carbocycles. The first-order chi connectivity index (χ1) is 23.9. The topological polar surface area (TPSA) is 161 Å². The molecule has 8 atom stereocenters. The molecule has 0 aromatic rings. The SMILES string of the molecule is CCCCCCCCCCCCCCCCCCCCCCCOCN[C@@H](COC1OC(CO)C(O)C(O)C1O)[C@H](O)[C@H](O)CCCCC. The van der Waals surface area contributed by atoms with Gasteiger partial charge in [-0.3, -0.25) is 5.32 Å². The van der Waals surface area contributed by atoms with Gasteiger partial charge in [0.2, 0.25) is 0 Å². The van der Waals surface area contributed by atoms with Crippen LogP contribution in [-0.2, 0) is 14.2 Å². The molecule has 10 heteroatoms. The summed E-state index contributed by atoms with van der Waals surface area (Å²) >= 11 is 0. The average molecular weight is 706 g/mol. The number of unbranched alkanes of at least 4 members (excludes halogenated alkanes) is 22. The molecule has 0 amide bonds. The summed E-state index contributed by atoms with van der Waals surface area (Å²) in [5.74, 6) is 0. The molecule has 1 aliphatic heterocycles. The van der Waals surface area contributed by atoms with Crippen LogP contribution in [0.2, 0.25) is 0 Å². The largest absolute Gasteiger partial charge is 0.394 e. The van der Waals surface area contributed by atoms with Crippen molar-refractivity contribution in [2.75, 3.05) is 26.6 Å². The van der Waals surface area contributed by atoms with Crippen LogP contribution in [-0.4, -0.2) is 106 Å². The molecule has 49 heavy (non-hydrogen) atoms. The van der Waals surface area contributed by atoms with Crippen LogP contribution in [0.3, 0.4) is 0 Å². The lowest BCUT2D eigenvalue weighted by atomic mass is 9.99. The quantitative estimate of drug-likeness (QED) is 0.0297. The molecule has 0 aromatic heterocycles. The van der Waals surface area contributed by atoms with Gasteiger partial charge in [-0.1, -0.05) is 162 Å². The number of ether oxygens (including phenoxy) is 3. The zero-order valence-corrected chi connectivity index (χ0v) is 31.5. The fourth-order valence-corrected chi connectivity index (χ4v) is 6.60. The molecule has 0 saturated carbocycles. The third-order valence-electron chi connectivity index (χ3n) is 10.0. The van der Waals surface area contributed by atoms with Crippen LogP contribution in [0.25, 0.3) is 0 Å². The highest BCUT2D eigenvalue weighted by Crippen LogP contribution is 2.23. The van der Waals surface area contributed by atoms with Crippen molar-refractivity contribution in [1.82, 2.24) is 5.32 Å². The molecule has 5 unspecified atom stereocenters. The van der Waals surface area contributed by atoms with Crippen molar-refractivity contribution in [3.8, 4) is 0 Å². The van der Waals surface area contributed by atoms with Crippen LogP contribution in [0.1, 0.15) is 174 Å². The van der Waals surface area contributed by atoms with Gasteiger partial charge < -0.3 is 44.8 Å². The van der Waals surface area contributed by atoms with Gasteiger partial charge in [0.05, 0.1) is 38.2 Å². The van der Waals surface area contributed by atoms with Gasteiger partial charge >= 0.3 is 0 Å². The Hall–Kier alpha value is -0.400. The normalized spacial score (nSPS) is 23.1. The van der Waals surface area contributed by atoms with E-state index in [0.29, 0.717) is 13.0 Å². The molecular formula is C39H79NO9. The minimum atomic E-state index is -1.55. The standard InChI is InChI=1S/C39H79NO9/c1-3-5-7-8-9-10-11-12-13-14-15-16-17-18-19-20-21-22-23-24-26-28-47-31-40-32(35(43)33(42)27-25-6-4-2)30-48-39-38(46)37(45)36(44)34(29-41)49-39/h32-46H,3-31H2,1-2H3/t32-,33+,34?,35-,36?,37?,38?,39?/m0/s1. The molecule has 0 aliphatic carbocycles. The molecule has 0 bridgehead atoms. The van der Waals surface area contributed by atoms with Crippen molar-refractivity contribution in [3.05, 3.63) is 0 Å². The predicted octanol–water partition coefficient (Wildman–Crippen LogP) is 6.25. The molecule has 1 rings (SSSR count). The van der Waals surface area contributed by atoms with Gasteiger partial charge in [0.1, 0.15) is 24.4 Å². The lowest BCUT2D eigenvalue weighted by molar-refractivity contribution is -0.303. The lowest BCUT2D eigenvalue weighted by Gasteiger charge is -2.40. The Morgan fingerprint density at radius 1 is 0.592 bits per heavy atom. The monoisotopic (exact) mass is 706 g/mol. The summed E-state index contributed by atoms with van der Waals surface area (Å²) in [5, 5.41) is 64.3. The summed E-state index contributed by atoms with van der Waals surface area (Å²) in [4.78, 5) is 0. The second-order valence-corrected chi connectivity index (χ2v) is 14.5. The second kappa shape index (κ2) is 32.3. The van der Waals surface area contributed by atoms with Crippen LogP contribution in [0.15, 0.2) is 0 Å². The molecule has 1 heterocycles. The summed E-state index contributed by atoms with van der Waals surface area (Å²) < 4.78 is 16.9. The Morgan fingerprint density at radius 3 is 1.51 bits per heavy atom. The summed E-state index contributed by atoms with van der Waals surface area (Å²) in [6.07, 6.45) is 22.3. The van der Waals surface area contributed by atoms with E-state index in [4.69, 9.17) is 14.2 Å². The number of hydrogen-bond acceptors (Lipinski definition) is 10. The fraction of sp³-hybridized carbons (Fsp3) is 1.00. The minimum absolute atomic E-state index is 0.153. The highest BCUT2D eigenvalue weighted by atomic mass is 16.7. The Labute approximate surface area is 299 Å². The number of rotatable bonds is 35. The van der Waals surface area contributed by atoms with E-state index in [1.54, 1.807) is 0 Å². The molecule has 1 aliphatic rings. The molecule has 0 spiro atoms. The molecule has 0 radical (unpaired) electrons. The third kappa shape index (κ3) is 23.0. The van der Waals surface area contributed by atoms with Crippen LogP contribution in [0, 0.1) is 0 Å². The molecular weight excluding hydrogens is 626 g/mol. The number of hydrogen-bond donors (Lipinski definition) is 7. The van der Waals surface area contributed by atoms with E-state index in [2.05, 4.69) is 19.2 Å². The Balaban J connectivity index is 2.11. The van der Waals surface area contributed by atoms with Crippen molar-refractivity contribution in [2.45, 2.75) is 223 Å². The molecule has 1 fully saturated rings. The van der Waals surface area contributed by atoms with Crippen molar-refractivity contribution in [3.63, 3.8) is 0 Å². The zero-order valence-electron chi connectivity index (χ0n) is 31.5. The van der Waals surface area contributed by atoms with Crippen molar-refractivity contribution in [1.29, 1.82) is 0 Å². The van der Waals surface area contributed by atoms with Crippen LogP contribution >= 0.6 is 0 Å². The molecule has 10 nitrogen and oxygen atoms in total. The van der Waals surface area contributed by atoms with E-state index in [-0.39, 0.29) is 13.3 Å². The van der Waals surface area contributed by atoms with Crippen molar-refractivity contribution >= 4 is 0 Å². The number of nitrogens with one attached hydrogen (secondary N) is 1. The van der Waals surface area contributed by atoms with E-state index in [0.717, 1.165) is 32.1 Å². The average Bonchev–Trinajstić information content (AvgIpc) is 3.10. The number of aliphatic hydroxyl groups is 6. The van der Waals surface area contributed by atoms with E-state index in [9.17, 15) is 30.6 Å². The summed E-state index contributed by atoms with van der Waals surface area (Å²) in [6.45, 7) is 4.38. The van der Waals surface area contributed by atoms with Gasteiger partial charge in [0.25, 0.3) is 0 Å². The lowest BCUT2D eigenvalue weighted by Crippen LogP contribution is -2.60. The van der Waals surface area contributed by atoms with E-state index in [1.807, 2.05) is 0 Å². The molecule has 7 N–H and O–H groups in total.